The van der Waals surface area contributed by atoms with Gasteiger partial charge in [0.1, 0.15) is 0 Å². The SMILES string of the molecule is Cl.Cl.Cl.OCCN(Cc1ccccn1)Cc1ccccn1. The molecule has 1 N–H and O–H groups in total. The summed E-state index contributed by atoms with van der Waals surface area (Å²) >= 11 is 0. The minimum atomic E-state index is 0. The molecule has 4 nitrogen and oxygen atoms in total. The van der Waals surface area contributed by atoms with Crippen molar-refractivity contribution in [2.24, 2.45) is 0 Å². The number of aliphatic hydroxyl groups is 1. The van der Waals surface area contributed by atoms with Crippen molar-refractivity contribution in [3.8, 4) is 0 Å². The van der Waals surface area contributed by atoms with Gasteiger partial charge in [-0.15, -0.1) is 37.2 Å². The van der Waals surface area contributed by atoms with Crippen LogP contribution in [0.5, 0.6) is 0 Å². The van der Waals surface area contributed by atoms with Gasteiger partial charge in [0.05, 0.1) is 18.0 Å². The second-order valence-corrected chi connectivity index (χ2v) is 4.08. The van der Waals surface area contributed by atoms with Gasteiger partial charge in [0.25, 0.3) is 0 Å². The van der Waals surface area contributed by atoms with E-state index >= 15 is 0 Å². The van der Waals surface area contributed by atoms with Gasteiger partial charge < -0.3 is 5.11 Å². The first kappa shape index (κ1) is 22.4. The van der Waals surface area contributed by atoms with E-state index in [0.717, 1.165) is 24.5 Å². The van der Waals surface area contributed by atoms with Gasteiger partial charge in [0.2, 0.25) is 0 Å². The fraction of sp³-hybridized carbons (Fsp3) is 0.286. The first-order valence-electron chi connectivity index (χ1n) is 6.01. The van der Waals surface area contributed by atoms with Gasteiger partial charge in [0.15, 0.2) is 0 Å². The van der Waals surface area contributed by atoms with Gasteiger partial charge >= 0.3 is 0 Å². The van der Waals surface area contributed by atoms with Crippen molar-refractivity contribution >= 4 is 37.2 Å². The van der Waals surface area contributed by atoms with E-state index in [2.05, 4.69) is 14.9 Å². The molecule has 118 valence electrons. The maximum atomic E-state index is 9.11. The molecule has 2 aromatic rings. The zero-order valence-corrected chi connectivity index (χ0v) is 13.9. The second kappa shape index (κ2) is 12.8. The van der Waals surface area contributed by atoms with E-state index in [-0.39, 0.29) is 43.8 Å². The predicted molar refractivity (Wildman–Crippen MR) is 91.4 cm³/mol. The molecule has 0 spiro atoms. The van der Waals surface area contributed by atoms with Gasteiger partial charge in [0, 0.05) is 32.0 Å². The molecular formula is C14H20Cl3N3O. The fourth-order valence-electron chi connectivity index (χ4n) is 1.80. The topological polar surface area (TPSA) is 49.2 Å². The Hall–Kier alpha value is -0.910. The summed E-state index contributed by atoms with van der Waals surface area (Å²) < 4.78 is 0. The Morgan fingerprint density at radius 1 is 0.810 bits per heavy atom. The zero-order chi connectivity index (χ0) is 12.6. The van der Waals surface area contributed by atoms with Crippen molar-refractivity contribution in [1.29, 1.82) is 0 Å². The Morgan fingerprint density at radius 2 is 1.29 bits per heavy atom. The van der Waals surface area contributed by atoms with Gasteiger partial charge in [-0.1, -0.05) is 12.1 Å². The average molecular weight is 353 g/mol. The molecule has 0 aliphatic heterocycles. The summed E-state index contributed by atoms with van der Waals surface area (Å²) in [7, 11) is 0. The molecule has 21 heavy (non-hydrogen) atoms. The van der Waals surface area contributed by atoms with Gasteiger partial charge in [-0.3, -0.25) is 14.9 Å². The van der Waals surface area contributed by atoms with Crippen LogP contribution in [0.1, 0.15) is 11.4 Å². The summed E-state index contributed by atoms with van der Waals surface area (Å²) in [6.45, 7) is 2.20. The molecule has 0 amide bonds. The highest BCUT2D eigenvalue weighted by Gasteiger charge is 2.07. The van der Waals surface area contributed by atoms with Crippen LogP contribution in [0, 0.1) is 0 Å². The number of nitrogens with zero attached hydrogens (tertiary/aromatic N) is 3. The minimum Gasteiger partial charge on any atom is -0.395 e. The second-order valence-electron chi connectivity index (χ2n) is 4.08. The van der Waals surface area contributed by atoms with Crippen molar-refractivity contribution in [1.82, 2.24) is 14.9 Å². The van der Waals surface area contributed by atoms with Crippen molar-refractivity contribution < 1.29 is 5.11 Å². The maximum absolute atomic E-state index is 9.11. The quantitative estimate of drug-likeness (QED) is 0.868. The molecule has 0 fully saturated rings. The third-order valence-corrected chi connectivity index (χ3v) is 2.64. The highest BCUT2D eigenvalue weighted by atomic mass is 35.5. The lowest BCUT2D eigenvalue weighted by molar-refractivity contribution is 0.181. The third kappa shape index (κ3) is 8.19. The van der Waals surface area contributed by atoms with Crippen LogP contribution in [-0.4, -0.2) is 33.1 Å². The van der Waals surface area contributed by atoms with Crippen LogP contribution < -0.4 is 0 Å². The molecule has 0 radical (unpaired) electrons. The summed E-state index contributed by atoms with van der Waals surface area (Å²) in [6.07, 6.45) is 3.57. The lowest BCUT2D eigenvalue weighted by Gasteiger charge is -2.20. The van der Waals surface area contributed by atoms with E-state index in [1.54, 1.807) is 12.4 Å². The number of pyridine rings is 2. The normalized spacial score (nSPS) is 9.24. The fourth-order valence-corrected chi connectivity index (χ4v) is 1.80. The summed E-state index contributed by atoms with van der Waals surface area (Å²) in [5.74, 6) is 0. The molecule has 0 aromatic carbocycles. The largest absolute Gasteiger partial charge is 0.395 e. The van der Waals surface area contributed by atoms with Crippen LogP contribution in [-0.2, 0) is 13.1 Å². The molecule has 0 saturated carbocycles. The van der Waals surface area contributed by atoms with Crippen molar-refractivity contribution in [3.05, 3.63) is 60.2 Å². The molecule has 7 heteroatoms. The van der Waals surface area contributed by atoms with E-state index in [0.29, 0.717) is 6.54 Å². The van der Waals surface area contributed by atoms with E-state index < -0.39 is 0 Å². The number of hydrogen-bond donors (Lipinski definition) is 1. The summed E-state index contributed by atoms with van der Waals surface area (Å²) in [4.78, 5) is 10.7. The summed E-state index contributed by atoms with van der Waals surface area (Å²) in [5.41, 5.74) is 2.00. The number of aromatic nitrogens is 2. The first-order chi connectivity index (χ1) is 8.88. The van der Waals surface area contributed by atoms with Crippen LogP contribution in [0.4, 0.5) is 0 Å². The lowest BCUT2D eigenvalue weighted by Crippen LogP contribution is -2.26. The summed E-state index contributed by atoms with van der Waals surface area (Å²) in [5, 5.41) is 9.11. The monoisotopic (exact) mass is 351 g/mol. The van der Waals surface area contributed by atoms with Crippen molar-refractivity contribution in [2.75, 3.05) is 13.2 Å². The Labute approximate surface area is 143 Å². The Bertz CT molecular complexity index is 418. The number of rotatable bonds is 6. The molecule has 2 heterocycles. The molecule has 0 aliphatic carbocycles. The molecule has 0 aliphatic rings. The first-order valence-corrected chi connectivity index (χ1v) is 6.01. The molecule has 2 aromatic heterocycles. The number of hydrogen-bond acceptors (Lipinski definition) is 4. The van der Waals surface area contributed by atoms with E-state index in [9.17, 15) is 0 Å². The van der Waals surface area contributed by atoms with Crippen LogP contribution in [0.3, 0.4) is 0 Å². The molecule has 0 atom stereocenters. The highest BCUT2D eigenvalue weighted by Crippen LogP contribution is 2.05. The van der Waals surface area contributed by atoms with E-state index in [1.165, 1.54) is 0 Å². The Balaban J connectivity index is 0. The molecule has 0 saturated heterocycles. The average Bonchev–Trinajstić information content (AvgIpc) is 2.41. The summed E-state index contributed by atoms with van der Waals surface area (Å²) in [6, 6.07) is 11.7. The van der Waals surface area contributed by atoms with Crippen LogP contribution in [0.2, 0.25) is 0 Å². The maximum Gasteiger partial charge on any atom is 0.0558 e. The standard InChI is InChI=1S/C14H17N3O.3ClH/c18-10-9-17(11-13-5-1-3-7-15-13)12-14-6-2-4-8-16-14;;;/h1-8,18H,9-12H2;3*1H. The van der Waals surface area contributed by atoms with Crippen molar-refractivity contribution in [2.45, 2.75) is 13.1 Å². The molecule has 0 unspecified atom stereocenters. The number of aliphatic hydroxyl groups excluding tert-OH is 1. The predicted octanol–water partition coefficient (Wildman–Crippen LogP) is 2.74. The molecular weight excluding hydrogens is 333 g/mol. The van der Waals surface area contributed by atoms with Crippen LogP contribution in [0.25, 0.3) is 0 Å². The number of halogens is 3. The zero-order valence-electron chi connectivity index (χ0n) is 11.5. The third-order valence-electron chi connectivity index (χ3n) is 2.64. The smallest absolute Gasteiger partial charge is 0.0558 e. The Kier molecular flexibility index (Phi) is 13.6. The molecule has 0 bridgehead atoms. The Morgan fingerprint density at radius 3 is 1.62 bits per heavy atom. The van der Waals surface area contributed by atoms with Crippen LogP contribution >= 0.6 is 37.2 Å². The van der Waals surface area contributed by atoms with E-state index in [4.69, 9.17) is 5.11 Å². The van der Waals surface area contributed by atoms with Gasteiger partial charge in [-0.05, 0) is 24.3 Å². The van der Waals surface area contributed by atoms with Gasteiger partial charge in [-0.25, -0.2) is 0 Å². The lowest BCUT2D eigenvalue weighted by atomic mass is 10.3. The van der Waals surface area contributed by atoms with E-state index in [1.807, 2.05) is 36.4 Å². The van der Waals surface area contributed by atoms with Gasteiger partial charge in [-0.2, -0.15) is 0 Å². The van der Waals surface area contributed by atoms with Crippen molar-refractivity contribution in [3.63, 3.8) is 0 Å². The highest BCUT2D eigenvalue weighted by molar-refractivity contribution is 5.86. The minimum absolute atomic E-state index is 0. The van der Waals surface area contributed by atoms with Crippen LogP contribution in [0.15, 0.2) is 48.8 Å². The molecule has 2 rings (SSSR count).